The lowest BCUT2D eigenvalue weighted by Gasteiger charge is -2.34. The molecule has 2 amide bonds. The van der Waals surface area contributed by atoms with Crippen LogP contribution in [0.2, 0.25) is 4.34 Å². The Kier molecular flexibility index (Phi) is 4.69. The fraction of sp³-hybridized carbons (Fsp3) is 0.412. The number of amides is 2. The van der Waals surface area contributed by atoms with E-state index >= 15 is 0 Å². The van der Waals surface area contributed by atoms with Crippen LogP contribution >= 0.6 is 22.9 Å². The van der Waals surface area contributed by atoms with Gasteiger partial charge < -0.3 is 14.4 Å². The second-order valence-electron chi connectivity index (χ2n) is 6.03. The van der Waals surface area contributed by atoms with Gasteiger partial charge in [0.25, 0.3) is 11.8 Å². The number of halogens is 1. The summed E-state index contributed by atoms with van der Waals surface area (Å²) in [7, 11) is 1.96. The van der Waals surface area contributed by atoms with Gasteiger partial charge in [-0.25, -0.2) is 0 Å². The molecule has 0 unspecified atom stereocenters. The lowest BCUT2D eigenvalue weighted by Crippen LogP contribution is -2.50. The Morgan fingerprint density at radius 3 is 2.08 bits per heavy atom. The zero-order valence-electron chi connectivity index (χ0n) is 14.0. The first-order valence-corrected chi connectivity index (χ1v) is 9.04. The van der Waals surface area contributed by atoms with Gasteiger partial charge in [0, 0.05) is 44.6 Å². The standard InChI is InChI=1S/C17H20ClN3O2S/c1-11-10-13(12(2)19(11)3)16(22)20-6-8-21(9-7-20)17(23)14-4-5-15(18)24-14/h4-5,10H,6-9H2,1-3H3. The SMILES string of the molecule is Cc1cc(C(=O)N2CCN(C(=O)c3ccc(Cl)s3)CC2)c(C)n1C. The molecule has 1 fully saturated rings. The first-order valence-electron chi connectivity index (χ1n) is 7.85. The third kappa shape index (κ3) is 3.08. The number of thiophene rings is 1. The highest BCUT2D eigenvalue weighted by molar-refractivity contribution is 7.17. The van der Waals surface area contributed by atoms with Crippen molar-refractivity contribution in [1.29, 1.82) is 0 Å². The fourth-order valence-electron chi connectivity index (χ4n) is 2.94. The maximum atomic E-state index is 12.7. The van der Waals surface area contributed by atoms with Crippen molar-refractivity contribution in [2.75, 3.05) is 26.2 Å². The molecule has 1 saturated heterocycles. The first kappa shape index (κ1) is 17.0. The van der Waals surface area contributed by atoms with Crippen LogP contribution in [0.4, 0.5) is 0 Å². The van der Waals surface area contributed by atoms with Gasteiger partial charge >= 0.3 is 0 Å². The van der Waals surface area contributed by atoms with E-state index in [0.29, 0.717) is 35.4 Å². The van der Waals surface area contributed by atoms with Crippen molar-refractivity contribution >= 4 is 34.8 Å². The normalized spacial score (nSPS) is 15.0. The van der Waals surface area contributed by atoms with E-state index in [1.54, 1.807) is 17.0 Å². The summed E-state index contributed by atoms with van der Waals surface area (Å²) in [5.41, 5.74) is 2.79. The summed E-state index contributed by atoms with van der Waals surface area (Å²) in [5.74, 6) is 0.0354. The minimum Gasteiger partial charge on any atom is -0.351 e. The van der Waals surface area contributed by atoms with Gasteiger partial charge in [0.15, 0.2) is 0 Å². The van der Waals surface area contributed by atoms with Crippen LogP contribution in [0.3, 0.4) is 0 Å². The van der Waals surface area contributed by atoms with Crippen LogP contribution in [0.1, 0.15) is 31.4 Å². The van der Waals surface area contributed by atoms with Crippen molar-refractivity contribution in [2.45, 2.75) is 13.8 Å². The van der Waals surface area contributed by atoms with Gasteiger partial charge in [-0.1, -0.05) is 11.6 Å². The summed E-state index contributed by atoms with van der Waals surface area (Å²) in [6, 6.07) is 5.42. The maximum absolute atomic E-state index is 12.7. The number of rotatable bonds is 2. The number of carbonyl (C=O) groups excluding carboxylic acids is 2. The predicted octanol–water partition coefficient (Wildman–Crippen LogP) is 2.96. The minimum absolute atomic E-state index is 0.00858. The summed E-state index contributed by atoms with van der Waals surface area (Å²) in [4.78, 5) is 29.4. The van der Waals surface area contributed by atoms with Crippen molar-refractivity contribution in [3.05, 3.63) is 44.4 Å². The van der Waals surface area contributed by atoms with E-state index in [-0.39, 0.29) is 11.8 Å². The van der Waals surface area contributed by atoms with Gasteiger partial charge in [-0.05, 0) is 32.0 Å². The molecular weight excluding hydrogens is 346 g/mol. The Balaban J connectivity index is 1.65. The maximum Gasteiger partial charge on any atom is 0.264 e. The molecule has 3 heterocycles. The smallest absolute Gasteiger partial charge is 0.264 e. The quantitative estimate of drug-likeness (QED) is 0.821. The molecule has 5 nitrogen and oxygen atoms in total. The monoisotopic (exact) mass is 365 g/mol. The molecule has 1 aliphatic rings. The highest BCUT2D eigenvalue weighted by atomic mass is 35.5. The predicted molar refractivity (Wildman–Crippen MR) is 96.0 cm³/mol. The average Bonchev–Trinajstić information content (AvgIpc) is 3.13. The molecule has 0 aromatic carbocycles. The largest absolute Gasteiger partial charge is 0.351 e. The molecule has 0 saturated carbocycles. The molecule has 1 aliphatic heterocycles. The minimum atomic E-state index is -0.00858. The number of aromatic nitrogens is 1. The van der Waals surface area contributed by atoms with E-state index in [4.69, 9.17) is 11.6 Å². The Hall–Kier alpha value is -1.79. The summed E-state index contributed by atoms with van der Waals surface area (Å²) in [5, 5.41) is 0. The Morgan fingerprint density at radius 2 is 1.62 bits per heavy atom. The van der Waals surface area contributed by atoms with Crippen molar-refractivity contribution in [3.8, 4) is 0 Å². The molecule has 2 aromatic heterocycles. The van der Waals surface area contributed by atoms with E-state index in [2.05, 4.69) is 0 Å². The summed E-state index contributed by atoms with van der Waals surface area (Å²) < 4.78 is 2.63. The molecule has 0 N–H and O–H groups in total. The second-order valence-corrected chi connectivity index (χ2v) is 7.75. The van der Waals surface area contributed by atoms with E-state index in [1.807, 2.05) is 36.4 Å². The van der Waals surface area contributed by atoms with Crippen molar-refractivity contribution in [3.63, 3.8) is 0 Å². The Labute approximate surface area is 150 Å². The van der Waals surface area contributed by atoms with Crippen molar-refractivity contribution in [1.82, 2.24) is 14.4 Å². The zero-order chi connectivity index (χ0) is 17.4. The van der Waals surface area contributed by atoms with Crippen molar-refractivity contribution < 1.29 is 9.59 Å². The van der Waals surface area contributed by atoms with Crippen LogP contribution in [0.5, 0.6) is 0 Å². The summed E-state index contributed by atoms with van der Waals surface area (Å²) >= 11 is 7.19. The lowest BCUT2D eigenvalue weighted by atomic mass is 10.2. The highest BCUT2D eigenvalue weighted by Crippen LogP contribution is 2.23. The van der Waals surface area contributed by atoms with Crippen molar-refractivity contribution in [2.24, 2.45) is 7.05 Å². The molecule has 2 aromatic rings. The third-order valence-electron chi connectivity index (χ3n) is 4.64. The molecule has 0 spiro atoms. The van der Waals surface area contributed by atoms with Gasteiger partial charge in [0.1, 0.15) is 0 Å². The topological polar surface area (TPSA) is 45.6 Å². The van der Waals surface area contributed by atoms with Crippen LogP contribution in [0.25, 0.3) is 0 Å². The summed E-state index contributed by atoms with van der Waals surface area (Å²) in [6.45, 7) is 6.15. The van der Waals surface area contributed by atoms with E-state index in [0.717, 1.165) is 17.0 Å². The van der Waals surface area contributed by atoms with Gasteiger partial charge in [-0.3, -0.25) is 9.59 Å². The Bertz CT molecular complexity index is 788. The van der Waals surface area contributed by atoms with Gasteiger partial charge in [-0.15, -0.1) is 11.3 Å². The van der Waals surface area contributed by atoms with Crippen LogP contribution in [-0.2, 0) is 7.05 Å². The van der Waals surface area contributed by atoms with Crippen LogP contribution in [0, 0.1) is 13.8 Å². The number of carbonyl (C=O) groups is 2. The number of piperazine rings is 1. The van der Waals surface area contributed by atoms with Crippen LogP contribution < -0.4 is 0 Å². The fourth-order valence-corrected chi connectivity index (χ4v) is 3.95. The molecule has 0 bridgehead atoms. The van der Waals surface area contributed by atoms with Crippen LogP contribution in [0.15, 0.2) is 18.2 Å². The third-order valence-corrected chi connectivity index (χ3v) is 5.86. The lowest BCUT2D eigenvalue weighted by molar-refractivity contribution is 0.0537. The average molecular weight is 366 g/mol. The number of nitrogens with zero attached hydrogens (tertiary/aromatic N) is 3. The van der Waals surface area contributed by atoms with Gasteiger partial charge in [0.2, 0.25) is 0 Å². The number of hydrogen-bond donors (Lipinski definition) is 0. The summed E-state index contributed by atoms with van der Waals surface area (Å²) in [6.07, 6.45) is 0. The van der Waals surface area contributed by atoms with Gasteiger partial charge in [-0.2, -0.15) is 0 Å². The number of aryl methyl sites for hydroxylation is 1. The first-order chi connectivity index (χ1) is 11.4. The molecular formula is C17H20ClN3O2S. The van der Waals surface area contributed by atoms with E-state index in [9.17, 15) is 9.59 Å². The number of hydrogen-bond acceptors (Lipinski definition) is 3. The van der Waals surface area contributed by atoms with Crippen LogP contribution in [-0.4, -0.2) is 52.4 Å². The molecule has 128 valence electrons. The molecule has 0 radical (unpaired) electrons. The van der Waals surface area contributed by atoms with E-state index in [1.165, 1.54) is 11.3 Å². The second kappa shape index (κ2) is 6.61. The molecule has 0 atom stereocenters. The molecule has 7 heteroatoms. The highest BCUT2D eigenvalue weighted by Gasteiger charge is 2.27. The molecule has 0 aliphatic carbocycles. The van der Waals surface area contributed by atoms with Gasteiger partial charge in [0.05, 0.1) is 14.8 Å². The molecule has 24 heavy (non-hydrogen) atoms. The van der Waals surface area contributed by atoms with E-state index < -0.39 is 0 Å². The zero-order valence-corrected chi connectivity index (χ0v) is 15.6. The Morgan fingerprint density at radius 1 is 1.04 bits per heavy atom. The molecule has 3 rings (SSSR count).